The molecule has 0 saturated carbocycles. The van der Waals surface area contributed by atoms with Crippen LogP contribution in [0.1, 0.15) is 18.7 Å². The van der Waals surface area contributed by atoms with Crippen molar-refractivity contribution in [3.63, 3.8) is 0 Å². The fourth-order valence-electron chi connectivity index (χ4n) is 2.99. The van der Waals surface area contributed by atoms with Gasteiger partial charge in [-0.25, -0.2) is 4.98 Å². The number of nitrogens with zero attached hydrogens (tertiary/aromatic N) is 2. The van der Waals surface area contributed by atoms with E-state index in [1.807, 2.05) is 0 Å². The Morgan fingerprint density at radius 3 is 2.81 bits per heavy atom. The molecule has 3 rings (SSSR count). The maximum Gasteiger partial charge on any atom is 0.406 e. The summed E-state index contributed by atoms with van der Waals surface area (Å²) in [5.41, 5.74) is 1.20. The van der Waals surface area contributed by atoms with Gasteiger partial charge in [0.05, 0.1) is 11.0 Å². The Kier molecular flexibility index (Phi) is 3.89. The van der Waals surface area contributed by atoms with E-state index in [2.05, 4.69) is 10.3 Å². The summed E-state index contributed by atoms with van der Waals surface area (Å²) in [7, 11) is 0. The van der Waals surface area contributed by atoms with E-state index in [1.165, 1.54) is 4.57 Å². The standard InChI is InChI=1S/C15H18F3N3/c16-15(17,18)10-21-13-6-2-1-5-12(13)20-14(21)8-11-4-3-7-19-9-11/h1-2,5-6,11,19H,3-4,7-10H2. The van der Waals surface area contributed by atoms with E-state index < -0.39 is 12.7 Å². The quantitative estimate of drug-likeness (QED) is 0.943. The second kappa shape index (κ2) is 5.67. The summed E-state index contributed by atoms with van der Waals surface area (Å²) in [4.78, 5) is 4.43. The molecule has 2 heterocycles. The first-order valence-electron chi connectivity index (χ1n) is 7.24. The van der Waals surface area contributed by atoms with Crippen LogP contribution in [0.5, 0.6) is 0 Å². The van der Waals surface area contributed by atoms with E-state index in [0.29, 0.717) is 29.2 Å². The molecule has 1 aromatic heterocycles. The largest absolute Gasteiger partial charge is 0.406 e. The third-order valence-electron chi connectivity index (χ3n) is 3.94. The summed E-state index contributed by atoms with van der Waals surface area (Å²) in [5.74, 6) is 0.907. The van der Waals surface area contributed by atoms with Crippen molar-refractivity contribution < 1.29 is 13.2 Å². The van der Waals surface area contributed by atoms with Gasteiger partial charge < -0.3 is 9.88 Å². The Labute approximate surface area is 121 Å². The molecule has 0 amide bonds. The first kappa shape index (κ1) is 14.4. The van der Waals surface area contributed by atoms with Crippen molar-refractivity contribution in [1.29, 1.82) is 0 Å². The molecule has 6 heteroatoms. The van der Waals surface area contributed by atoms with E-state index in [-0.39, 0.29) is 0 Å². The average molecular weight is 297 g/mol. The third kappa shape index (κ3) is 3.37. The lowest BCUT2D eigenvalue weighted by Gasteiger charge is -2.23. The second-order valence-corrected chi connectivity index (χ2v) is 5.63. The van der Waals surface area contributed by atoms with Crippen LogP contribution in [0.3, 0.4) is 0 Å². The van der Waals surface area contributed by atoms with Gasteiger partial charge in [0.15, 0.2) is 0 Å². The number of rotatable bonds is 3. The van der Waals surface area contributed by atoms with Crippen LogP contribution in [-0.2, 0) is 13.0 Å². The summed E-state index contributed by atoms with van der Waals surface area (Å²) in [6.07, 6.45) is -1.52. The summed E-state index contributed by atoms with van der Waals surface area (Å²) in [6.45, 7) is 0.883. The highest BCUT2D eigenvalue weighted by Crippen LogP contribution is 2.25. The molecular formula is C15H18F3N3. The highest BCUT2D eigenvalue weighted by molar-refractivity contribution is 5.75. The van der Waals surface area contributed by atoms with Gasteiger partial charge in [-0.15, -0.1) is 0 Å². The molecule has 1 N–H and O–H groups in total. The summed E-state index contributed by atoms with van der Waals surface area (Å²) >= 11 is 0. The van der Waals surface area contributed by atoms with Gasteiger partial charge in [-0.1, -0.05) is 12.1 Å². The van der Waals surface area contributed by atoms with Crippen LogP contribution in [0.15, 0.2) is 24.3 Å². The first-order chi connectivity index (χ1) is 10.0. The Morgan fingerprint density at radius 2 is 2.10 bits per heavy atom. The number of piperidine rings is 1. The molecule has 21 heavy (non-hydrogen) atoms. The predicted octanol–water partition coefficient (Wildman–Crippen LogP) is 3.14. The van der Waals surface area contributed by atoms with Crippen molar-refractivity contribution >= 4 is 11.0 Å². The summed E-state index contributed by atoms with van der Waals surface area (Å²) in [5, 5.41) is 3.30. The lowest BCUT2D eigenvalue weighted by molar-refractivity contribution is -0.140. The van der Waals surface area contributed by atoms with Crippen molar-refractivity contribution in [3.8, 4) is 0 Å². The maximum absolute atomic E-state index is 12.8. The van der Waals surface area contributed by atoms with Crippen LogP contribution in [0, 0.1) is 5.92 Å². The molecule has 1 aliphatic rings. The smallest absolute Gasteiger partial charge is 0.319 e. The van der Waals surface area contributed by atoms with Crippen molar-refractivity contribution in [2.45, 2.75) is 32.0 Å². The Balaban J connectivity index is 1.93. The lowest BCUT2D eigenvalue weighted by Crippen LogP contribution is -2.31. The average Bonchev–Trinajstić information content (AvgIpc) is 2.76. The fraction of sp³-hybridized carbons (Fsp3) is 0.533. The van der Waals surface area contributed by atoms with Crippen molar-refractivity contribution in [1.82, 2.24) is 14.9 Å². The van der Waals surface area contributed by atoms with Gasteiger partial charge in [-0.3, -0.25) is 0 Å². The number of benzene rings is 1. The molecular weight excluding hydrogens is 279 g/mol. The number of alkyl halides is 3. The van der Waals surface area contributed by atoms with Crippen molar-refractivity contribution in [2.24, 2.45) is 5.92 Å². The van der Waals surface area contributed by atoms with Gasteiger partial charge in [0.25, 0.3) is 0 Å². The molecule has 1 aromatic carbocycles. The maximum atomic E-state index is 12.8. The van der Waals surface area contributed by atoms with E-state index in [0.717, 1.165) is 25.9 Å². The van der Waals surface area contributed by atoms with Crippen LogP contribution in [0.25, 0.3) is 11.0 Å². The topological polar surface area (TPSA) is 29.9 Å². The fourth-order valence-corrected chi connectivity index (χ4v) is 2.99. The second-order valence-electron chi connectivity index (χ2n) is 5.63. The molecule has 1 aliphatic heterocycles. The normalized spacial score (nSPS) is 20.0. The van der Waals surface area contributed by atoms with Crippen molar-refractivity contribution in [2.75, 3.05) is 13.1 Å². The number of aromatic nitrogens is 2. The monoisotopic (exact) mass is 297 g/mol. The van der Waals surface area contributed by atoms with Gasteiger partial charge in [0.1, 0.15) is 12.4 Å². The van der Waals surface area contributed by atoms with Crippen molar-refractivity contribution in [3.05, 3.63) is 30.1 Å². The number of fused-ring (bicyclic) bond motifs is 1. The molecule has 1 fully saturated rings. The zero-order chi connectivity index (χ0) is 14.9. The van der Waals surface area contributed by atoms with Crippen LogP contribution in [0.2, 0.25) is 0 Å². The molecule has 0 spiro atoms. The third-order valence-corrected chi connectivity index (χ3v) is 3.94. The minimum Gasteiger partial charge on any atom is -0.319 e. The summed E-state index contributed by atoms with van der Waals surface area (Å²) < 4.78 is 39.9. The van der Waals surface area contributed by atoms with Gasteiger partial charge in [-0.05, 0) is 44.0 Å². The molecule has 1 unspecified atom stereocenters. The number of para-hydroxylation sites is 2. The van der Waals surface area contributed by atoms with Crippen LogP contribution in [0.4, 0.5) is 13.2 Å². The van der Waals surface area contributed by atoms with Crippen LogP contribution >= 0.6 is 0 Å². The van der Waals surface area contributed by atoms with Gasteiger partial charge >= 0.3 is 6.18 Å². The summed E-state index contributed by atoms with van der Waals surface area (Å²) in [6, 6.07) is 7.03. The Morgan fingerprint density at radius 1 is 1.29 bits per heavy atom. The van der Waals surface area contributed by atoms with E-state index in [1.54, 1.807) is 24.3 Å². The molecule has 3 nitrogen and oxygen atoms in total. The highest BCUT2D eigenvalue weighted by atomic mass is 19.4. The zero-order valence-corrected chi connectivity index (χ0v) is 11.7. The highest BCUT2D eigenvalue weighted by Gasteiger charge is 2.30. The first-order valence-corrected chi connectivity index (χ1v) is 7.24. The number of nitrogens with one attached hydrogen (secondary N) is 1. The molecule has 0 aliphatic carbocycles. The van der Waals surface area contributed by atoms with Gasteiger partial charge in [0.2, 0.25) is 0 Å². The van der Waals surface area contributed by atoms with Crippen LogP contribution in [-0.4, -0.2) is 28.8 Å². The van der Waals surface area contributed by atoms with E-state index in [9.17, 15) is 13.2 Å². The van der Waals surface area contributed by atoms with E-state index >= 15 is 0 Å². The SMILES string of the molecule is FC(F)(F)Cn1c(CC2CCCNC2)nc2ccccc21. The molecule has 0 radical (unpaired) electrons. The number of imidazole rings is 1. The molecule has 114 valence electrons. The predicted molar refractivity (Wildman–Crippen MR) is 75.1 cm³/mol. The zero-order valence-electron chi connectivity index (χ0n) is 11.7. The molecule has 1 saturated heterocycles. The lowest BCUT2D eigenvalue weighted by atomic mass is 9.96. The molecule has 1 atom stereocenters. The number of halogens is 3. The van der Waals surface area contributed by atoms with Gasteiger partial charge in [-0.2, -0.15) is 13.2 Å². The number of hydrogen-bond donors (Lipinski definition) is 1. The Hall–Kier alpha value is -1.56. The number of hydrogen-bond acceptors (Lipinski definition) is 2. The van der Waals surface area contributed by atoms with Gasteiger partial charge in [0, 0.05) is 6.42 Å². The molecule has 0 bridgehead atoms. The minimum atomic E-state index is -4.23. The Bertz CT molecular complexity index is 612. The van der Waals surface area contributed by atoms with Crippen LogP contribution < -0.4 is 5.32 Å². The molecule has 2 aromatic rings. The van der Waals surface area contributed by atoms with E-state index in [4.69, 9.17) is 0 Å². The minimum absolute atomic E-state index is 0.363.